The minimum atomic E-state index is -4.12. The van der Waals surface area contributed by atoms with Gasteiger partial charge in [0.05, 0.1) is 0 Å². The van der Waals surface area contributed by atoms with Crippen molar-refractivity contribution in [1.29, 1.82) is 0 Å². The first-order valence-electron chi connectivity index (χ1n) is 9.51. The van der Waals surface area contributed by atoms with Crippen molar-refractivity contribution in [3.63, 3.8) is 0 Å². The van der Waals surface area contributed by atoms with Crippen LogP contribution in [0.25, 0.3) is 0 Å². The van der Waals surface area contributed by atoms with Gasteiger partial charge in [-0.2, -0.15) is 12.7 Å². The van der Waals surface area contributed by atoms with Gasteiger partial charge in [-0.05, 0) is 26.7 Å². The van der Waals surface area contributed by atoms with Gasteiger partial charge in [0, 0.05) is 12.1 Å². The number of hydrogen-bond acceptors (Lipinski definition) is 2. The summed E-state index contributed by atoms with van der Waals surface area (Å²) in [5, 5.41) is 0. The zero-order valence-electron chi connectivity index (χ0n) is 15.8. The van der Waals surface area contributed by atoms with E-state index >= 15 is 0 Å². The zero-order chi connectivity index (χ0) is 17.8. The largest absolute Gasteiger partial charge is 0.336 e. The van der Waals surface area contributed by atoms with Gasteiger partial charge in [0.2, 0.25) is 0 Å². The second-order valence-electron chi connectivity index (χ2n) is 7.29. The molecule has 0 aromatic heterocycles. The van der Waals surface area contributed by atoms with E-state index in [9.17, 15) is 13.0 Å². The zero-order valence-corrected chi connectivity index (χ0v) is 16.6. The van der Waals surface area contributed by atoms with Crippen molar-refractivity contribution in [3.8, 4) is 0 Å². The monoisotopic (exact) mass is 349 g/mol. The van der Waals surface area contributed by atoms with Crippen LogP contribution in [0.15, 0.2) is 0 Å². The summed E-state index contributed by atoms with van der Waals surface area (Å²) < 4.78 is 34.0. The van der Waals surface area contributed by atoms with Gasteiger partial charge in [0.25, 0.3) is 0 Å². The van der Waals surface area contributed by atoms with Gasteiger partial charge in [0.1, 0.15) is 0 Å². The maximum Gasteiger partial charge on any atom is 0.336 e. The first-order valence-corrected chi connectivity index (χ1v) is 10.9. The lowest BCUT2D eigenvalue weighted by Gasteiger charge is -2.35. The van der Waals surface area contributed by atoms with Gasteiger partial charge in [-0.15, -0.1) is 0 Å². The molecule has 140 valence electrons. The number of hydrogen-bond donors (Lipinski definition) is 1. The maximum absolute atomic E-state index is 11.6. The Kier molecular flexibility index (Phi) is 12.2. The van der Waals surface area contributed by atoms with Crippen molar-refractivity contribution < 1.29 is 13.0 Å². The molecule has 23 heavy (non-hydrogen) atoms. The highest BCUT2D eigenvalue weighted by Gasteiger charge is 2.34. The SMILES string of the molecule is CCCCCCCCCCCC(C)(C)N(CCCC)S(=O)(=O)O. The van der Waals surface area contributed by atoms with Gasteiger partial charge in [-0.1, -0.05) is 78.1 Å². The summed E-state index contributed by atoms with van der Waals surface area (Å²) in [5.74, 6) is 0. The minimum Gasteiger partial charge on any atom is -0.273 e. The quantitative estimate of drug-likeness (QED) is 0.310. The summed E-state index contributed by atoms with van der Waals surface area (Å²) in [4.78, 5) is 0. The summed E-state index contributed by atoms with van der Waals surface area (Å²) in [7, 11) is -4.12. The molecule has 0 spiro atoms. The molecule has 0 aliphatic rings. The standard InChI is InChI=1S/C18H39NO3S/c1-5-7-9-10-11-12-13-14-15-16-18(3,4)19(17-8-6-2)23(20,21)22/h5-17H2,1-4H3,(H,20,21,22). The van der Waals surface area contributed by atoms with Crippen LogP contribution in [0.5, 0.6) is 0 Å². The molecule has 0 saturated heterocycles. The van der Waals surface area contributed by atoms with Crippen molar-refractivity contribution >= 4 is 10.3 Å². The molecule has 0 bridgehead atoms. The first-order chi connectivity index (χ1) is 10.8. The van der Waals surface area contributed by atoms with E-state index in [-0.39, 0.29) is 0 Å². The molecule has 0 aromatic rings. The average Bonchev–Trinajstić information content (AvgIpc) is 2.44. The third kappa shape index (κ3) is 11.1. The highest BCUT2D eigenvalue weighted by atomic mass is 32.2. The van der Waals surface area contributed by atoms with Crippen molar-refractivity contribution in [2.75, 3.05) is 6.54 Å². The van der Waals surface area contributed by atoms with Crippen LogP contribution in [-0.2, 0) is 10.3 Å². The summed E-state index contributed by atoms with van der Waals surface area (Å²) in [6, 6.07) is 0. The maximum atomic E-state index is 11.6. The predicted octanol–water partition coefficient (Wildman–Crippen LogP) is 5.59. The molecule has 5 heteroatoms. The van der Waals surface area contributed by atoms with E-state index in [1.54, 1.807) is 0 Å². The smallest absolute Gasteiger partial charge is 0.273 e. The second kappa shape index (κ2) is 12.3. The third-order valence-electron chi connectivity index (χ3n) is 4.56. The highest BCUT2D eigenvalue weighted by Crippen LogP contribution is 2.25. The van der Waals surface area contributed by atoms with Crippen molar-refractivity contribution in [1.82, 2.24) is 4.31 Å². The van der Waals surface area contributed by atoms with Gasteiger partial charge in [-0.25, -0.2) is 0 Å². The molecule has 0 saturated carbocycles. The Labute approximate surface area is 144 Å². The normalized spacial score (nSPS) is 13.0. The van der Waals surface area contributed by atoms with Crippen LogP contribution in [0.4, 0.5) is 0 Å². The molecule has 0 aromatic carbocycles. The molecular weight excluding hydrogens is 310 g/mol. The Bertz CT molecular complexity index is 380. The fourth-order valence-corrected chi connectivity index (χ4v) is 4.10. The number of rotatable bonds is 15. The predicted molar refractivity (Wildman–Crippen MR) is 99.1 cm³/mol. The van der Waals surface area contributed by atoms with Crippen LogP contribution >= 0.6 is 0 Å². The van der Waals surface area contributed by atoms with Gasteiger partial charge >= 0.3 is 10.3 Å². The van der Waals surface area contributed by atoms with Gasteiger partial charge in [-0.3, -0.25) is 4.55 Å². The van der Waals surface area contributed by atoms with Gasteiger partial charge < -0.3 is 0 Å². The van der Waals surface area contributed by atoms with E-state index in [0.717, 1.165) is 32.1 Å². The van der Waals surface area contributed by atoms with Gasteiger partial charge in [0.15, 0.2) is 0 Å². The molecule has 0 radical (unpaired) electrons. The Balaban J connectivity index is 4.04. The Hall–Kier alpha value is -0.130. The van der Waals surface area contributed by atoms with Crippen LogP contribution in [0.1, 0.15) is 105 Å². The Morgan fingerprint density at radius 2 is 1.22 bits per heavy atom. The lowest BCUT2D eigenvalue weighted by Crippen LogP contribution is -2.47. The number of nitrogens with zero attached hydrogens (tertiary/aromatic N) is 1. The third-order valence-corrected chi connectivity index (χ3v) is 5.79. The molecule has 4 nitrogen and oxygen atoms in total. The molecule has 0 unspecified atom stereocenters. The summed E-state index contributed by atoms with van der Waals surface area (Å²) >= 11 is 0. The van der Waals surface area contributed by atoms with E-state index in [2.05, 4.69) is 6.92 Å². The van der Waals surface area contributed by atoms with Crippen LogP contribution < -0.4 is 0 Å². The van der Waals surface area contributed by atoms with E-state index in [0.29, 0.717) is 6.54 Å². The second-order valence-corrected chi connectivity index (χ2v) is 8.63. The molecule has 0 fully saturated rings. The van der Waals surface area contributed by atoms with E-state index < -0.39 is 15.8 Å². The molecular formula is C18H39NO3S. The Morgan fingerprint density at radius 1 is 0.783 bits per heavy atom. The summed E-state index contributed by atoms with van der Waals surface area (Å²) in [6.45, 7) is 8.50. The average molecular weight is 350 g/mol. The van der Waals surface area contributed by atoms with Crippen LogP contribution in [0, 0.1) is 0 Å². The lowest BCUT2D eigenvalue weighted by atomic mass is 9.95. The molecule has 0 atom stereocenters. The van der Waals surface area contributed by atoms with Crippen molar-refractivity contribution in [2.45, 2.75) is 110 Å². The first kappa shape index (κ1) is 22.9. The van der Waals surface area contributed by atoms with Crippen molar-refractivity contribution in [2.24, 2.45) is 0 Å². The molecule has 1 N–H and O–H groups in total. The fourth-order valence-electron chi connectivity index (χ4n) is 3.03. The molecule has 0 aliphatic heterocycles. The van der Waals surface area contributed by atoms with E-state index in [4.69, 9.17) is 0 Å². The molecule has 0 heterocycles. The van der Waals surface area contributed by atoms with Crippen LogP contribution in [0.2, 0.25) is 0 Å². The summed E-state index contributed by atoms with van der Waals surface area (Å²) in [6.07, 6.45) is 13.8. The van der Waals surface area contributed by atoms with E-state index in [1.165, 1.54) is 49.3 Å². The molecule has 0 aliphatic carbocycles. The number of unbranched alkanes of at least 4 members (excludes halogenated alkanes) is 9. The Morgan fingerprint density at radius 3 is 1.65 bits per heavy atom. The fraction of sp³-hybridized carbons (Fsp3) is 1.00. The molecule has 0 rings (SSSR count). The highest BCUT2D eigenvalue weighted by molar-refractivity contribution is 7.83. The minimum absolute atomic E-state index is 0.403. The van der Waals surface area contributed by atoms with Crippen molar-refractivity contribution in [3.05, 3.63) is 0 Å². The summed E-state index contributed by atoms with van der Waals surface area (Å²) in [5.41, 5.74) is -0.510. The topological polar surface area (TPSA) is 57.6 Å². The molecule has 0 amide bonds. The van der Waals surface area contributed by atoms with E-state index in [1.807, 2.05) is 20.8 Å². The lowest BCUT2D eigenvalue weighted by molar-refractivity contribution is 0.187. The van der Waals surface area contributed by atoms with Crippen LogP contribution in [0.3, 0.4) is 0 Å². The van der Waals surface area contributed by atoms with Crippen LogP contribution in [-0.4, -0.2) is 29.4 Å².